The zero-order valence-corrected chi connectivity index (χ0v) is 19.1. The number of carbonyl (C=O) groups excluding carboxylic acids is 2. The van der Waals surface area contributed by atoms with Gasteiger partial charge >= 0.3 is 5.97 Å². The third-order valence-corrected chi connectivity index (χ3v) is 7.11. The first kappa shape index (κ1) is 23.0. The van der Waals surface area contributed by atoms with E-state index in [0.717, 1.165) is 19.3 Å². The third kappa shape index (κ3) is 5.42. The second-order valence-corrected chi connectivity index (χ2v) is 9.75. The molecule has 2 aromatic carbocycles. The molecular weight excluding hydrogens is 442 g/mol. The molecule has 4 rings (SSSR count). The molecule has 0 spiro atoms. The molecule has 0 saturated carbocycles. The number of nitrogens with zero attached hydrogens (tertiary/aromatic N) is 2. The Kier molecular flexibility index (Phi) is 7.08. The van der Waals surface area contributed by atoms with Crippen molar-refractivity contribution in [2.45, 2.75) is 43.1 Å². The van der Waals surface area contributed by atoms with Crippen LogP contribution in [0.4, 0.5) is 0 Å². The SMILES string of the molecule is O=C(CCCN=C1NS(=O)(=O)c2ccccc21)OC(C(=O)N1CCCCC1)c1ccccc1. The Bertz CT molecular complexity index is 1140. The molecule has 1 amide bonds. The van der Waals surface area contributed by atoms with E-state index < -0.39 is 22.1 Å². The summed E-state index contributed by atoms with van der Waals surface area (Å²) >= 11 is 0. The predicted octanol–water partition coefficient (Wildman–Crippen LogP) is 2.80. The van der Waals surface area contributed by atoms with E-state index in [2.05, 4.69) is 9.71 Å². The van der Waals surface area contributed by atoms with Gasteiger partial charge in [0.25, 0.3) is 15.9 Å². The Hall–Kier alpha value is -3.20. The largest absolute Gasteiger partial charge is 0.447 e. The van der Waals surface area contributed by atoms with Gasteiger partial charge in [0.15, 0.2) is 0 Å². The van der Waals surface area contributed by atoms with Crippen LogP contribution in [0, 0.1) is 0 Å². The van der Waals surface area contributed by atoms with Gasteiger partial charge in [0.1, 0.15) is 5.84 Å². The molecule has 2 heterocycles. The Morgan fingerprint density at radius 2 is 1.70 bits per heavy atom. The number of nitrogens with one attached hydrogen (secondary N) is 1. The van der Waals surface area contributed by atoms with Gasteiger partial charge in [-0.3, -0.25) is 19.3 Å². The Balaban J connectivity index is 1.36. The summed E-state index contributed by atoms with van der Waals surface area (Å²) in [7, 11) is -3.59. The topological polar surface area (TPSA) is 105 Å². The predicted molar refractivity (Wildman–Crippen MR) is 123 cm³/mol. The highest BCUT2D eigenvalue weighted by molar-refractivity contribution is 7.90. The second kappa shape index (κ2) is 10.2. The van der Waals surface area contributed by atoms with Crippen LogP contribution in [0.3, 0.4) is 0 Å². The second-order valence-electron chi connectivity index (χ2n) is 8.10. The highest BCUT2D eigenvalue weighted by Crippen LogP contribution is 2.24. The van der Waals surface area contributed by atoms with Gasteiger partial charge in [-0.1, -0.05) is 42.5 Å². The van der Waals surface area contributed by atoms with E-state index in [4.69, 9.17) is 4.74 Å². The van der Waals surface area contributed by atoms with Crippen LogP contribution in [-0.2, 0) is 24.3 Å². The van der Waals surface area contributed by atoms with Gasteiger partial charge in [0, 0.05) is 37.2 Å². The van der Waals surface area contributed by atoms with Crippen molar-refractivity contribution < 1.29 is 22.7 Å². The van der Waals surface area contributed by atoms with Crippen molar-refractivity contribution in [1.82, 2.24) is 9.62 Å². The Labute approximate surface area is 193 Å². The van der Waals surface area contributed by atoms with Crippen molar-refractivity contribution in [3.05, 3.63) is 65.7 Å². The minimum Gasteiger partial charge on any atom is -0.447 e. The van der Waals surface area contributed by atoms with Crippen LogP contribution in [0.25, 0.3) is 0 Å². The number of carbonyl (C=O) groups is 2. The minimum absolute atomic E-state index is 0.0712. The van der Waals surface area contributed by atoms with Crippen LogP contribution >= 0.6 is 0 Å². The number of amidine groups is 1. The number of likely N-dealkylation sites (tertiary alicyclic amines) is 1. The molecule has 2 aliphatic heterocycles. The number of piperidine rings is 1. The van der Waals surface area contributed by atoms with Crippen LogP contribution in [0.2, 0.25) is 0 Å². The number of rotatable bonds is 7. The third-order valence-electron chi connectivity index (χ3n) is 5.72. The summed E-state index contributed by atoms with van der Waals surface area (Å²) in [5.74, 6) is -0.394. The van der Waals surface area contributed by atoms with E-state index in [9.17, 15) is 18.0 Å². The number of benzene rings is 2. The number of hydrogen-bond donors (Lipinski definition) is 1. The molecule has 1 atom stereocenters. The maximum atomic E-state index is 13.1. The average molecular weight is 470 g/mol. The summed E-state index contributed by atoms with van der Waals surface area (Å²) < 4.78 is 32.4. The lowest BCUT2D eigenvalue weighted by Crippen LogP contribution is -2.40. The summed E-state index contributed by atoms with van der Waals surface area (Å²) in [6, 6.07) is 15.7. The molecule has 1 fully saturated rings. The highest BCUT2D eigenvalue weighted by Gasteiger charge is 2.31. The van der Waals surface area contributed by atoms with Gasteiger partial charge in [-0.05, 0) is 37.8 Å². The smallest absolute Gasteiger partial charge is 0.306 e. The van der Waals surface area contributed by atoms with Crippen molar-refractivity contribution in [2.24, 2.45) is 4.99 Å². The van der Waals surface area contributed by atoms with E-state index >= 15 is 0 Å². The molecule has 1 saturated heterocycles. The lowest BCUT2D eigenvalue weighted by molar-refractivity contribution is -0.161. The summed E-state index contributed by atoms with van der Waals surface area (Å²) in [4.78, 5) is 31.9. The Morgan fingerprint density at radius 1 is 1.00 bits per heavy atom. The molecule has 9 heteroatoms. The summed E-state index contributed by atoms with van der Waals surface area (Å²) in [5.41, 5.74) is 1.18. The lowest BCUT2D eigenvalue weighted by Gasteiger charge is -2.30. The fourth-order valence-corrected chi connectivity index (χ4v) is 5.28. The number of aliphatic imine (C=N–C) groups is 1. The lowest BCUT2D eigenvalue weighted by atomic mass is 10.1. The van der Waals surface area contributed by atoms with E-state index in [1.54, 1.807) is 35.2 Å². The zero-order valence-electron chi connectivity index (χ0n) is 18.3. The fourth-order valence-electron chi connectivity index (χ4n) is 4.02. The van der Waals surface area contributed by atoms with E-state index in [-0.39, 0.29) is 29.6 Å². The molecule has 33 heavy (non-hydrogen) atoms. The van der Waals surface area contributed by atoms with E-state index in [1.165, 1.54) is 6.07 Å². The van der Waals surface area contributed by atoms with Crippen LogP contribution in [0.5, 0.6) is 0 Å². The first-order valence-corrected chi connectivity index (χ1v) is 12.6. The van der Waals surface area contributed by atoms with Crippen molar-refractivity contribution in [2.75, 3.05) is 19.6 Å². The summed E-state index contributed by atoms with van der Waals surface area (Å²) in [5, 5.41) is 0. The number of hydrogen-bond acceptors (Lipinski definition) is 6. The summed E-state index contributed by atoms with van der Waals surface area (Å²) in [6.45, 7) is 1.60. The number of sulfonamides is 1. The zero-order chi connectivity index (χ0) is 23.3. The average Bonchev–Trinajstić information content (AvgIpc) is 3.11. The molecule has 2 aliphatic rings. The first-order valence-electron chi connectivity index (χ1n) is 11.2. The molecule has 1 N–H and O–H groups in total. The maximum Gasteiger partial charge on any atom is 0.306 e. The molecule has 0 aromatic heterocycles. The molecule has 1 unspecified atom stereocenters. The van der Waals surface area contributed by atoms with Gasteiger partial charge in [0.2, 0.25) is 6.10 Å². The minimum atomic E-state index is -3.59. The number of ether oxygens (including phenoxy) is 1. The monoisotopic (exact) mass is 469 g/mol. The standard InChI is InChI=1S/C24H27N3O5S/c28-21(14-9-15-25-23-19-12-5-6-13-20(19)33(30,31)26-23)32-22(18-10-3-1-4-11-18)24(29)27-16-7-2-8-17-27/h1,3-6,10-13,22H,2,7-9,14-17H2,(H,25,26). The van der Waals surface area contributed by atoms with Crippen molar-refractivity contribution in [3.63, 3.8) is 0 Å². The van der Waals surface area contributed by atoms with Crippen LogP contribution in [0.1, 0.15) is 49.3 Å². The molecule has 0 radical (unpaired) electrons. The van der Waals surface area contributed by atoms with Crippen molar-refractivity contribution in [1.29, 1.82) is 0 Å². The molecule has 2 aromatic rings. The Morgan fingerprint density at radius 3 is 2.45 bits per heavy atom. The molecule has 0 bridgehead atoms. The number of fused-ring (bicyclic) bond motifs is 1. The van der Waals surface area contributed by atoms with Crippen LogP contribution < -0.4 is 4.72 Å². The molecule has 8 nitrogen and oxygen atoms in total. The number of esters is 1. The normalized spacial score (nSPS) is 18.9. The van der Waals surface area contributed by atoms with Crippen LogP contribution in [-0.4, -0.2) is 50.7 Å². The highest BCUT2D eigenvalue weighted by atomic mass is 32.2. The summed E-state index contributed by atoms with van der Waals surface area (Å²) in [6.07, 6.45) is 2.48. The number of amides is 1. The molecule has 174 valence electrons. The maximum absolute atomic E-state index is 13.1. The first-order chi connectivity index (χ1) is 16.0. The van der Waals surface area contributed by atoms with Gasteiger partial charge in [-0.2, -0.15) is 0 Å². The molecule has 0 aliphatic carbocycles. The quantitative estimate of drug-likeness (QED) is 0.496. The van der Waals surface area contributed by atoms with Crippen molar-refractivity contribution >= 4 is 27.7 Å². The van der Waals surface area contributed by atoms with Gasteiger partial charge < -0.3 is 9.64 Å². The molecular formula is C24H27N3O5S. The van der Waals surface area contributed by atoms with Gasteiger partial charge in [-0.15, -0.1) is 0 Å². The van der Waals surface area contributed by atoms with Gasteiger partial charge in [-0.25, -0.2) is 8.42 Å². The van der Waals surface area contributed by atoms with E-state index in [1.807, 2.05) is 18.2 Å². The van der Waals surface area contributed by atoms with Gasteiger partial charge in [0.05, 0.1) is 4.90 Å². The van der Waals surface area contributed by atoms with E-state index in [0.29, 0.717) is 30.6 Å². The fraction of sp³-hybridized carbons (Fsp3) is 0.375. The van der Waals surface area contributed by atoms with Crippen molar-refractivity contribution in [3.8, 4) is 0 Å². The van der Waals surface area contributed by atoms with Crippen LogP contribution in [0.15, 0.2) is 64.5 Å².